The average molecular weight is 332 g/mol. The average Bonchev–Trinajstić information content (AvgIpc) is 2.97. The number of aryl methyl sites for hydroxylation is 1. The Balaban J connectivity index is 1.63. The number of benzene rings is 1. The predicted octanol–water partition coefficient (Wildman–Crippen LogP) is 2.02. The summed E-state index contributed by atoms with van der Waals surface area (Å²) in [4.78, 5) is 15.3. The standard InChI is InChI=1S/C18H24N4O2/c1-21-12-5-3-6-13(21)10-11(9-12)19-18(24)16-14-7-4-8-15(23)17(14)22(2)20-16/h4,7-8,11-13,23H,3,5-6,9-10H2,1-2H3,(H,19,24)/t11?,12-,13+/i2+1D3. The van der Waals surface area contributed by atoms with E-state index in [1.54, 1.807) is 12.1 Å². The van der Waals surface area contributed by atoms with Crippen LogP contribution >= 0.6 is 0 Å². The molecule has 0 aliphatic carbocycles. The van der Waals surface area contributed by atoms with Crippen LogP contribution in [0.5, 0.6) is 5.75 Å². The minimum atomic E-state index is -2.58. The second-order valence-electron chi connectivity index (χ2n) is 6.98. The second-order valence-corrected chi connectivity index (χ2v) is 6.98. The van der Waals surface area contributed by atoms with Gasteiger partial charge in [0.05, 0.1) is 0 Å². The molecule has 1 aromatic carbocycles. The van der Waals surface area contributed by atoms with E-state index < -0.39 is 6.98 Å². The third-order valence-corrected chi connectivity index (χ3v) is 5.57. The number of aromatic hydroxyl groups is 1. The summed E-state index contributed by atoms with van der Waals surface area (Å²) in [6.45, 7) is -2.58. The van der Waals surface area contributed by atoms with Gasteiger partial charge in [0.25, 0.3) is 5.91 Å². The minimum Gasteiger partial charge on any atom is -0.506 e. The van der Waals surface area contributed by atoms with Gasteiger partial charge in [-0.15, -0.1) is 0 Å². The Bertz CT molecular complexity index is 865. The molecule has 2 aliphatic rings. The summed E-state index contributed by atoms with van der Waals surface area (Å²) in [6, 6.07) is 5.59. The van der Waals surface area contributed by atoms with Crippen LogP contribution in [0.2, 0.25) is 0 Å². The molecule has 1 aromatic heterocycles. The van der Waals surface area contributed by atoms with Crippen molar-refractivity contribution in [2.45, 2.75) is 50.2 Å². The lowest BCUT2D eigenvalue weighted by Crippen LogP contribution is -2.55. The fourth-order valence-corrected chi connectivity index (χ4v) is 4.30. The molecule has 3 heterocycles. The fraction of sp³-hybridized carbons (Fsp3) is 0.556. The van der Waals surface area contributed by atoms with E-state index in [-0.39, 0.29) is 28.9 Å². The van der Waals surface area contributed by atoms with Gasteiger partial charge in [0.15, 0.2) is 5.69 Å². The largest absolute Gasteiger partial charge is 0.506 e. The number of fused-ring (bicyclic) bond motifs is 3. The maximum absolute atomic E-state index is 12.9. The van der Waals surface area contributed by atoms with Crippen molar-refractivity contribution in [2.24, 2.45) is 6.98 Å². The van der Waals surface area contributed by atoms with Crippen molar-refractivity contribution >= 4 is 16.8 Å². The Morgan fingerprint density at radius 3 is 2.83 bits per heavy atom. The number of nitrogens with one attached hydrogen (secondary N) is 1. The van der Waals surface area contributed by atoms with E-state index in [9.17, 15) is 9.90 Å². The number of carbonyl (C=O) groups excluding carboxylic acids is 1. The molecule has 0 saturated carbocycles. The second kappa shape index (κ2) is 5.77. The number of carbonyl (C=O) groups is 1. The number of nitrogens with zero attached hydrogens (tertiary/aromatic N) is 3. The molecule has 2 N–H and O–H groups in total. The van der Waals surface area contributed by atoms with Gasteiger partial charge >= 0.3 is 0 Å². The van der Waals surface area contributed by atoms with Crippen LogP contribution in [0.4, 0.5) is 0 Å². The zero-order valence-electron chi connectivity index (χ0n) is 16.7. The van der Waals surface area contributed by atoms with Gasteiger partial charge in [-0.05, 0) is 38.8 Å². The molecule has 3 atom stereocenters. The summed E-state index contributed by atoms with van der Waals surface area (Å²) < 4.78 is 23.7. The first-order valence-corrected chi connectivity index (χ1v) is 8.49. The molecular formula is C18H24N4O2. The summed E-state index contributed by atoms with van der Waals surface area (Å²) in [7, 11) is 2.15. The van der Waals surface area contributed by atoms with Gasteiger partial charge in [-0.1, -0.05) is 18.6 Å². The highest BCUT2D eigenvalue weighted by Gasteiger charge is 2.36. The van der Waals surface area contributed by atoms with Gasteiger partial charge in [-0.2, -0.15) is 5.10 Å². The molecule has 0 radical (unpaired) electrons. The number of phenolic OH excluding ortho intramolecular Hbond substituents is 1. The molecule has 2 bridgehead atoms. The third-order valence-electron chi connectivity index (χ3n) is 5.57. The molecule has 4 rings (SSSR count). The van der Waals surface area contributed by atoms with Crippen molar-refractivity contribution in [3.8, 4) is 5.75 Å². The Morgan fingerprint density at radius 2 is 2.12 bits per heavy atom. The Hall–Kier alpha value is -2.08. The number of para-hydroxylation sites is 1. The van der Waals surface area contributed by atoms with Crippen LogP contribution in [-0.4, -0.2) is 50.9 Å². The van der Waals surface area contributed by atoms with Gasteiger partial charge in [-0.25, -0.2) is 0 Å². The van der Waals surface area contributed by atoms with Crippen LogP contribution in [-0.2, 0) is 6.98 Å². The van der Waals surface area contributed by atoms with Gasteiger partial charge in [0.1, 0.15) is 11.3 Å². The normalized spacial score (nSPS) is 29.7. The molecule has 2 aliphatic heterocycles. The Labute approximate surface area is 145 Å². The van der Waals surface area contributed by atoms with E-state index in [1.807, 2.05) is 0 Å². The Morgan fingerprint density at radius 1 is 1.38 bits per heavy atom. The predicted molar refractivity (Wildman–Crippen MR) is 92.1 cm³/mol. The summed E-state index contributed by atoms with van der Waals surface area (Å²) in [5.74, 6) is -0.592. The number of aromatic nitrogens is 2. The topological polar surface area (TPSA) is 70.4 Å². The minimum absolute atomic E-state index is 0.0427. The van der Waals surface area contributed by atoms with Gasteiger partial charge in [-0.3, -0.25) is 9.48 Å². The zero-order chi connectivity index (χ0) is 19.3. The highest BCUT2D eigenvalue weighted by atomic mass is 16.3. The van der Waals surface area contributed by atoms with Gasteiger partial charge in [0, 0.05) is 34.6 Å². The van der Waals surface area contributed by atoms with Crippen molar-refractivity contribution in [3.63, 3.8) is 0 Å². The molecule has 6 heteroatoms. The highest BCUT2D eigenvalue weighted by Crippen LogP contribution is 2.33. The van der Waals surface area contributed by atoms with Crippen LogP contribution in [0.25, 0.3) is 10.9 Å². The first-order valence-electron chi connectivity index (χ1n) is 9.99. The van der Waals surface area contributed by atoms with Gasteiger partial charge < -0.3 is 15.3 Å². The van der Waals surface area contributed by atoms with Crippen LogP contribution in [0, 0.1) is 0 Å². The van der Waals surface area contributed by atoms with Crippen molar-refractivity contribution in [1.29, 1.82) is 0 Å². The molecule has 2 aromatic rings. The van der Waals surface area contributed by atoms with E-state index in [4.69, 9.17) is 4.11 Å². The van der Waals surface area contributed by atoms with Crippen LogP contribution in [0.15, 0.2) is 18.2 Å². The number of rotatable bonds is 2. The molecule has 128 valence electrons. The molecule has 2 fully saturated rings. The molecular weight excluding hydrogens is 305 g/mol. The first-order chi connectivity index (χ1) is 12.8. The molecule has 0 spiro atoms. The third kappa shape index (κ3) is 2.45. The zero-order valence-corrected chi connectivity index (χ0v) is 13.7. The quantitative estimate of drug-likeness (QED) is 0.826. The van der Waals surface area contributed by atoms with Gasteiger partial charge in [0.2, 0.25) is 0 Å². The summed E-state index contributed by atoms with van der Waals surface area (Å²) in [5, 5.41) is 17.6. The van der Waals surface area contributed by atoms with E-state index >= 15 is 0 Å². The molecule has 2 saturated heterocycles. The fourth-order valence-electron chi connectivity index (χ4n) is 4.30. The monoisotopic (exact) mass is 332 g/mol. The van der Waals surface area contributed by atoms with E-state index in [2.05, 4.69) is 22.4 Å². The molecule has 1 amide bonds. The SMILES string of the molecule is [2H][13C]([2H])([2H])n1nc(C(=O)NC2C[C@H]3CCC[C@@H](C2)N3C)c2cccc(O)c21. The lowest BCUT2D eigenvalue weighted by atomic mass is 9.82. The number of amides is 1. The number of phenols is 1. The molecule has 1 unspecified atom stereocenters. The maximum atomic E-state index is 12.9. The first kappa shape index (κ1) is 12.3. The van der Waals surface area contributed by atoms with Crippen LogP contribution < -0.4 is 5.32 Å². The summed E-state index contributed by atoms with van der Waals surface area (Å²) >= 11 is 0. The number of hydrogen-bond acceptors (Lipinski definition) is 4. The lowest BCUT2D eigenvalue weighted by Gasteiger charge is -2.47. The molecule has 6 nitrogen and oxygen atoms in total. The smallest absolute Gasteiger partial charge is 0.272 e. The molecule has 24 heavy (non-hydrogen) atoms. The van der Waals surface area contributed by atoms with Crippen molar-refractivity contribution in [3.05, 3.63) is 23.9 Å². The summed E-state index contributed by atoms with van der Waals surface area (Å²) in [6.07, 6.45) is 5.30. The highest BCUT2D eigenvalue weighted by molar-refractivity contribution is 6.06. The van der Waals surface area contributed by atoms with Crippen molar-refractivity contribution < 1.29 is 14.0 Å². The Kier molecular flexibility index (Phi) is 2.96. The van der Waals surface area contributed by atoms with Crippen LogP contribution in [0.3, 0.4) is 0 Å². The van der Waals surface area contributed by atoms with Crippen molar-refractivity contribution in [1.82, 2.24) is 20.0 Å². The van der Waals surface area contributed by atoms with E-state index in [1.165, 1.54) is 12.5 Å². The number of hydrogen-bond donors (Lipinski definition) is 2. The van der Waals surface area contributed by atoms with E-state index in [0.29, 0.717) is 17.5 Å². The van der Waals surface area contributed by atoms with Crippen LogP contribution in [0.1, 0.15) is 46.7 Å². The van der Waals surface area contributed by atoms with E-state index in [0.717, 1.165) is 30.4 Å². The summed E-state index contributed by atoms with van der Waals surface area (Å²) in [5.41, 5.74) is 0.101. The van der Waals surface area contributed by atoms with Crippen molar-refractivity contribution in [2.75, 3.05) is 7.05 Å². The number of piperidine rings is 2. The maximum Gasteiger partial charge on any atom is 0.272 e. The lowest BCUT2D eigenvalue weighted by molar-refractivity contribution is 0.0462.